The van der Waals surface area contributed by atoms with Gasteiger partial charge in [-0.3, -0.25) is 14.4 Å². The summed E-state index contributed by atoms with van der Waals surface area (Å²) < 4.78 is 19.7. The minimum absolute atomic E-state index is 0.0158. The number of amides is 2. The first kappa shape index (κ1) is 23.3. The number of H-pyrrole nitrogens is 1. The lowest BCUT2D eigenvalue weighted by Gasteiger charge is -2.28. The first-order valence-corrected chi connectivity index (χ1v) is 12.3. The quantitative estimate of drug-likeness (QED) is 0.658. The number of Topliss-reactive ketones (excluding diaryl/α,β-unsaturated/α-hetero) is 1. The molecule has 9 heteroatoms. The Morgan fingerprint density at radius 2 is 2.14 bits per heavy atom. The van der Waals surface area contributed by atoms with Gasteiger partial charge in [0.25, 0.3) is 5.91 Å². The van der Waals surface area contributed by atoms with Crippen LogP contribution in [0.1, 0.15) is 55.4 Å². The van der Waals surface area contributed by atoms with Gasteiger partial charge in [0.1, 0.15) is 35.1 Å². The molecule has 1 aromatic carbocycles. The van der Waals surface area contributed by atoms with Crippen molar-refractivity contribution in [1.29, 1.82) is 5.26 Å². The predicted molar refractivity (Wildman–Crippen MR) is 125 cm³/mol. The number of aromatic nitrogens is 1. The molecule has 5 rings (SSSR count). The predicted octanol–water partition coefficient (Wildman–Crippen LogP) is 3.32. The fraction of sp³-hybridized carbons (Fsp3) is 0.538. The van der Waals surface area contributed by atoms with E-state index in [4.69, 9.17) is 4.74 Å². The standard InChI is InChI=1S/C26H29FN4O4/c1-35-22-9-8-19(27)23-18(22)11-20(30-23)26(34)31-13-15-5-2-6-17(15)24(31)25(33)29-16(12-28)10-14-4-3-7-21(14)32/h8-9,11,14-17,24,30H,2-7,10,13H2,1H3,(H,29,33). The van der Waals surface area contributed by atoms with Crippen LogP contribution in [0.5, 0.6) is 5.75 Å². The molecule has 3 aliphatic rings. The third kappa shape index (κ3) is 4.15. The maximum atomic E-state index is 14.4. The third-order valence-corrected chi connectivity index (χ3v) is 8.00. The van der Waals surface area contributed by atoms with Crippen molar-refractivity contribution >= 4 is 28.5 Å². The van der Waals surface area contributed by atoms with Crippen LogP contribution in [0.3, 0.4) is 0 Å². The number of aromatic amines is 1. The Kier molecular flexibility index (Phi) is 6.22. The maximum absolute atomic E-state index is 14.4. The highest BCUT2D eigenvalue weighted by Crippen LogP contribution is 2.43. The lowest BCUT2D eigenvalue weighted by atomic mass is 9.92. The molecule has 2 amide bonds. The summed E-state index contributed by atoms with van der Waals surface area (Å²) in [6.45, 7) is 0.439. The minimum Gasteiger partial charge on any atom is -0.496 e. The Morgan fingerprint density at radius 1 is 1.31 bits per heavy atom. The summed E-state index contributed by atoms with van der Waals surface area (Å²) >= 11 is 0. The number of rotatable bonds is 6. The number of hydrogen-bond acceptors (Lipinski definition) is 5. The number of carbonyl (C=O) groups excluding carboxylic acids is 3. The fourth-order valence-corrected chi connectivity index (χ4v) is 6.28. The van der Waals surface area contributed by atoms with E-state index in [1.54, 1.807) is 11.0 Å². The van der Waals surface area contributed by atoms with Gasteiger partial charge >= 0.3 is 0 Å². The Hall–Kier alpha value is -3.41. The summed E-state index contributed by atoms with van der Waals surface area (Å²) in [6.07, 6.45) is 5.16. The number of hydrogen-bond donors (Lipinski definition) is 2. The molecule has 2 heterocycles. The van der Waals surface area contributed by atoms with Gasteiger partial charge in [0, 0.05) is 24.3 Å². The molecule has 0 radical (unpaired) electrons. The Morgan fingerprint density at radius 3 is 2.86 bits per heavy atom. The number of ketones is 1. The summed E-state index contributed by atoms with van der Waals surface area (Å²) in [5.74, 6) is -0.606. The molecule has 0 bridgehead atoms. The van der Waals surface area contributed by atoms with E-state index >= 15 is 0 Å². The van der Waals surface area contributed by atoms with Crippen LogP contribution in [0.25, 0.3) is 10.9 Å². The molecule has 184 valence electrons. The van der Waals surface area contributed by atoms with E-state index in [9.17, 15) is 24.0 Å². The summed E-state index contributed by atoms with van der Waals surface area (Å²) in [7, 11) is 1.48. The smallest absolute Gasteiger partial charge is 0.271 e. The highest BCUT2D eigenvalue weighted by atomic mass is 19.1. The molecule has 3 fully saturated rings. The maximum Gasteiger partial charge on any atom is 0.271 e. The van der Waals surface area contributed by atoms with Gasteiger partial charge in [-0.25, -0.2) is 4.39 Å². The molecular formula is C26H29FN4O4. The Bertz CT molecular complexity index is 1220. The van der Waals surface area contributed by atoms with Gasteiger partial charge in [0.15, 0.2) is 0 Å². The molecule has 2 N–H and O–H groups in total. The van der Waals surface area contributed by atoms with E-state index in [1.807, 2.05) is 0 Å². The number of nitriles is 1. The number of nitrogens with zero attached hydrogens (tertiary/aromatic N) is 2. The van der Waals surface area contributed by atoms with Crippen LogP contribution in [-0.2, 0) is 9.59 Å². The largest absolute Gasteiger partial charge is 0.496 e. The van der Waals surface area contributed by atoms with Crippen LogP contribution < -0.4 is 10.1 Å². The average Bonchev–Trinajstić information content (AvgIpc) is 3.62. The van der Waals surface area contributed by atoms with E-state index in [0.717, 1.165) is 32.1 Å². The molecule has 35 heavy (non-hydrogen) atoms. The van der Waals surface area contributed by atoms with Crippen molar-refractivity contribution in [2.24, 2.45) is 17.8 Å². The highest BCUT2D eigenvalue weighted by molar-refractivity contribution is 6.02. The first-order valence-electron chi connectivity index (χ1n) is 12.3. The first-order chi connectivity index (χ1) is 16.9. The van der Waals surface area contributed by atoms with Crippen LogP contribution in [0.15, 0.2) is 18.2 Å². The van der Waals surface area contributed by atoms with Crippen molar-refractivity contribution < 1.29 is 23.5 Å². The van der Waals surface area contributed by atoms with Gasteiger partial charge in [-0.15, -0.1) is 0 Å². The molecule has 1 aromatic heterocycles. The molecule has 5 unspecified atom stereocenters. The number of methoxy groups -OCH3 is 1. The van der Waals surface area contributed by atoms with Crippen LogP contribution in [0, 0.1) is 34.9 Å². The molecule has 1 aliphatic heterocycles. The van der Waals surface area contributed by atoms with E-state index in [-0.39, 0.29) is 46.6 Å². The Balaban J connectivity index is 1.39. The monoisotopic (exact) mass is 480 g/mol. The minimum atomic E-state index is -0.779. The van der Waals surface area contributed by atoms with E-state index in [2.05, 4.69) is 16.4 Å². The zero-order valence-corrected chi connectivity index (χ0v) is 19.7. The van der Waals surface area contributed by atoms with Crippen LogP contribution in [-0.4, -0.2) is 53.2 Å². The summed E-state index contributed by atoms with van der Waals surface area (Å²) in [4.78, 5) is 43.5. The number of carbonyl (C=O) groups is 3. The van der Waals surface area contributed by atoms with E-state index in [0.29, 0.717) is 30.5 Å². The van der Waals surface area contributed by atoms with Crippen molar-refractivity contribution in [2.45, 2.75) is 57.0 Å². The number of fused-ring (bicyclic) bond motifs is 2. The van der Waals surface area contributed by atoms with Gasteiger partial charge < -0.3 is 19.9 Å². The number of benzene rings is 1. The topological polar surface area (TPSA) is 115 Å². The van der Waals surface area contributed by atoms with Gasteiger partial charge in [-0.05, 0) is 62.1 Å². The summed E-state index contributed by atoms with van der Waals surface area (Å²) in [5, 5.41) is 12.9. The second-order valence-corrected chi connectivity index (χ2v) is 9.96. The molecule has 2 saturated carbocycles. The molecule has 5 atom stereocenters. The molecule has 8 nitrogen and oxygen atoms in total. The van der Waals surface area contributed by atoms with E-state index in [1.165, 1.54) is 19.2 Å². The fourth-order valence-electron chi connectivity index (χ4n) is 6.28. The van der Waals surface area contributed by atoms with Gasteiger partial charge in [0.05, 0.1) is 18.7 Å². The normalized spacial score (nSPS) is 26.5. The average molecular weight is 481 g/mol. The van der Waals surface area contributed by atoms with Crippen molar-refractivity contribution in [1.82, 2.24) is 15.2 Å². The van der Waals surface area contributed by atoms with Gasteiger partial charge in [-0.1, -0.05) is 6.42 Å². The van der Waals surface area contributed by atoms with Crippen molar-refractivity contribution in [3.05, 3.63) is 29.7 Å². The zero-order chi connectivity index (χ0) is 24.7. The van der Waals surface area contributed by atoms with Crippen LogP contribution in [0.4, 0.5) is 4.39 Å². The van der Waals surface area contributed by atoms with Crippen LogP contribution in [0.2, 0.25) is 0 Å². The van der Waals surface area contributed by atoms with Crippen molar-refractivity contribution in [3.8, 4) is 11.8 Å². The lowest BCUT2D eigenvalue weighted by Crippen LogP contribution is -2.51. The number of likely N-dealkylation sites (tertiary alicyclic amines) is 1. The van der Waals surface area contributed by atoms with Crippen molar-refractivity contribution in [3.63, 3.8) is 0 Å². The molecule has 2 aliphatic carbocycles. The second kappa shape index (κ2) is 9.33. The third-order valence-electron chi connectivity index (χ3n) is 8.00. The van der Waals surface area contributed by atoms with Gasteiger partial charge in [0.2, 0.25) is 5.91 Å². The second-order valence-electron chi connectivity index (χ2n) is 9.96. The van der Waals surface area contributed by atoms with E-state index < -0.39 is 17.9 Å². The Labute approximate surface area is 202 Å². The molecule has 2 aromatic rings. The van der Waals surface area contributed by atoms with Gasteiger partial charge in [-0.2, -0.15) is 5.26 Å². The number of nitrogens with one attached hydrogen (secondary N) is 2. The summed E-state index contributed by atoms with van der Waals surface area (Å²) in [5.41, 5.74) is 0.369. The lowest BCUT2D eigenvalue weighted by molar-refractivity contribution is -0.127. The molecule has 1 saturated heterocycles. The number of halogens is 1. The number of ether oxygens (including phenoxy) is 1. The van der Waals surface area contributed by atoms with Crippen molar-refractivity contribution in [2.75, 3.05) is 13.7 Å². The molecule has 0 spiro atoms. The zero-order valence-electron chi connectivity index (χ0n) is 19.7. The molecular weight excluding hydrogens is 451 g/mol. The SMILES string of the molecule is COc1ccc(F)c2[nH]c(C(=O)N3CC4CCCC4C3C(=O)NC(C#N)CC3CCCC3=O)cc12. The van der Waals surface area contributed by atoms with Crippen LogP contribution >= 0.6 is 0 Å². The summed E-state index contributed by atoms with van der Waals surface area (Å²) in [6, 6.07) is 4.99. The highest BCUT2D eigenvalue weighted by Gasteiger charge is 2.50.